The summed E-state index contributed by atoms with van der Waals surface area (Å²) in [5.41, 5.74) is 5.95. The van der Waals surface area contributed by atoms with E-state index in [1.54, 1.807) is 0 Å². The Bertz CT molecular complexity index is 422. The monoisotopic (exact) mass is 271 g/mol. The van der Waals surface area contributed by atoms with Gasteiger partial charge in [-0.15, -0.1) is 0 Å². The first-order valence-corrected chi connectivity index (χ1v) is 6.54. The lowest BCUT2D eigenvalue weighted by Gasteiger charge is -2.32. The molecule has 2 unspecified atom stereocenters. The van der Waals surface area contributed by atoms with Crippen LogP contribution >= 0.6 is 0 Å². The van der Waals surface area contributed by atoms with Crippen LogP contribution in [0.15, 0.2) is 18.2 Å². The van der Waals surface area contributed by atoms with Gasteiger partial charge in [0.05, 0.1) is 6.10 Å². The van der Waals surface area contributed by atoms with E-state index in [1.165, 1.54) is 12.1 Å². The molecule has 0 aliphatic carbocycles. The van der Waals surface area contributed by atoms with Gasteiger partial charge in [0.2, 0.25) is 0 Å². The Morgan fingerprint density at radius 3 is 2.58 bits per heavy atom. The fourth-order valence-electron chi connectivity index (χ4n) is 2.64. The third-order valence-corrected chi connectivity index (χ3v) is 3.78. The molecule has 3 N–H and O–H groups in total. The highest BCUT2D eigenvalue weighted by atomic mass is 19.1. The van der Waals surface area contributed by atoms with Crippen molar-refractivity contribution >= 4 is 0 Å². The van der Waals surface area contributed by atoms with Crippen LogP contribution in [0.4, 0.5) is 8.78 Å². The quantitative estimate of drug-likeness (QED) is 0.878. The lowest BCUT2D eigenvalue weighted by atomic mass is 9.82. The van der Waals surface area contributed by atoms with Crippen LogP contribution in [0.25, 0.3) is 0 Å². The Hall–Kier alpha value is -1.04. The second-order valence-corrected chi connectivity index (χ2v) is 4.95. The number of aliphatic hydroxyl groups is 1. The summed E-state index contributed by atoms with van der Waals surface area (Å²) in [6.45, 7) is 1.33. The van der Waals surface area contributed by atoms with Gasteiger partial charge in [-0.05, 0) is 30.4 Å². The van der Waals surface area contributed by atoms with Gasteiger partial charge in [0.1, 0.15) is 11.6 Å². The van der Waals surface area contributed by atoms with Gasteiger partial charge in [-0.25, -0.2) is 8.78 Å². The first-order valence-electron chi connectivity index (χ1n) is 6.54. The molecule has 2 rings (SSSR count). The molecule has 5 heteroatoms. The third-order valence-electron chi connectivity index (χ3n) is 3.78. The molecule has 1 heterocycles. The average molecular weight is 271 g/mol. The molecule has 3 nitrogen and oxygen atoms in total. The van der Waals surface area contributed by atoms with Crippen molar-refractivity contribution in [2.75, 3.05) is 19.8 Å². The Labute approximate surface area is 111 Å². The van der Waals surface area contributed by atoms with Crippen molar-refractivity contribution in [3.8, 4) is 0 Å². The van der Waals surface area contributed by atoms with Gasteiger partial charge < -0.3 is 15.6 Å². The number of nitrogens with two attached hydrogens (primary N) is 1. The normalized spacial score (nSPS) is 20.2. The van der Waals surface area contributed by atoms with Crippen molar-refractivity contribution in [3.63, 3.8) is 0 Å². The first-order chi connectivity index (χ1) is 9.13. The zero-order valence-electron chi connectivity index (χ0n) is 10.7. The second-order valence-electron chi connectivity index (χ2n) is 4.95. The van der Waals surface area contributed by atoms with E-state index in [-0.39, 0.29) is 18.0 Å². The van der Waals surface area contributed by atoms with Crippen LogP contribution in [-0.2, 0) is 4.74 Å². The standard InChI is InChI=1S/C14H19F2NO2/c15-10-1-2-11(13(16)7-10)12(8-17)14(18)9-3-5-19-6-4-9/h1-2,7,9,12,14,18H,3-6,8,17H2. The van der Waals surface area contributed by atoms with E-state index in [9.17, 15) is 13.9 Å². The summed E-state index contributed by atoms with van der Waals surface area (Å²) in [5, 5.41) is 10.4. The molecule has 19 heavy (non-hydrogen) atoms. The molecule has 0 amide bonds. The Morgan fingerprint density at radius 2 is 2.00 bits per heavy atom. The minimum absolute atomic E-state index is 0.0479. The van der Waals surface area contributed by atoms with Crippen LogP contribution in [0.1, 0.15) is 24.3 Å². The maximum absolute atomic E-state index is 13.8. The number of benzene rings is 1. The van der Waals surface area contributed by atoms with Crippen molar-refractivity contribution in [2.45, 2.75) is 24.9 Å². The van der Waals surface area contributed by atoms with Crippen LogP contribution in [0.2, 0.25) is 0 Å². The van der Waals surface area contributed by atoms with Gasteiger partial charge in [-0.3, -0.25) is 0 Å². The molecule has 0 spiro atoms. The zero-order valence-corrected chi connectivity index (χ0v) is 10.7. The van der Waals surface area contributed by atoms with Crippen molar-refractivity contribution in [3.05, 3.63) is 35.4 Å². The highest BCUT2D eigenvalue weighted by Crippen LogP contribution is 2.30. The van der Waals surface area contributed by atoms with Crippen molar-refractivity contribution in [1.29, 1.82) is 0 Å². The van der Waals surface area contributed by atoms with Gasteiger partial charge >= 0.3 is 0 Å². The molecule has 1 aromatic carbocycles. The topological polar surface area (TPSA) is 55.5 Å². The predicted octanol–water partition coefficient (Wildman–Crippen LogP) is 1.79. The van der Waals surface area contributed by atoms with Gasteiger partial charge in [0.25, 0.3) is 0 Å². The minimum atomic E-state index is -0.728. The molecule has 0 saturated carbocycles. The zero-order chi connectivity index (χ0) is 13.8. The summed E-state index contributed by atoms with van der Waals surface area (Å²) in [4.78, 5) is 0. The van der Waals surface area contributed by atoms with Crippen LogP contribution < -0.4 is 5.73 Å². The van der Waals surface area contributed by atoms with Crippen LogP contribution in [0.5, 0.6) is 0 Å². The summed E-state index contributed by atoms with van der Waals surface area (Å²) in [6, 6.07) is 3.39. The molecule has 1 aromatic rings. The van der Waals surface area contributed by atoms with Gasteiger partial charge in [-0.1, -0.05) is 6.07 Å². The molecule has 1 aliphatic rings. The van der Waals surface area contributed by atoms with Crippen molar-refractivity contribution < 1.29 is 18.6 Å². The fraction of sp³-hybridized carbons (Fsp3) is 0.571. The van der Waals surface area contributed by atoms with E-state index in [0.717, 1.165) is 18.9 Å². The van der Waals surface area contributed by atoms with Gasteiger partial charge in [0, 0.05) is 31.7 Å². The van der Waals surface area contributed by atoms with Crippen LogP contribution in [-0.4, -0.2) is 31.0 Å². The van der Waals surface area contributed by atoms with Crippen molar-refractivity contribution in [1.82, 2.24) is 0 Å². The fourth-order valence-corrected chi connectivity index (χ4v) is 2.64. The number of aliphatic hydroxyl groups excluding tert-OH is 1. The lowest BCUT2D eigenvalue weighted by molar-refractivity contribution is -0.00236. The highest BCUT2D eigenvalue weighted by molar-refractivity contribution is 5.24. The minimum Gasteiger partial charge on any atom is -0.392 e. The smallest absolute Gasteiger partial charge is 0.129 e. The summed E-state index contributed by atoms with van der Waals surface area (Å²) in [5.74, 6) is -1.74. The summed E-state index contributed by atoms with van der Waals surface area (Å²) < 4.78 is 31.9. The number of rotatable bonds is 4. The van der Waals surface area contributed by atoms with E-state index in [1.807, 2.05) is 0 Å². The summed E-state index contributed by atoms with van der Waals surface area (Å²) in [6.07, 6.45) is 0.745. The molecule has 0 bridgehead atoms. The maximum Gasteiger partial charge on any atom is 0.129 e. The maximum atomic E-state index is 13.8. The molecular weight excluding hydrogens is 252 g/mol. The largest absolute Gasteiger partial charge is 0.392 e. The molecule has 0 aromatic heterocycles. The highest BCUT2D eigenvalue weighted by Gasteiger charge is 2.31. The SMILES string of the molecule is NCC(c1ccc(F)cc1F)C(O)C1CCOCC1. The van der Waals surface area contributed by atoms with Gasteiger partial charge in [-0.2, -0.15) is 0 Å². The Balaban J connectivity index is 2.18. The molecule has 0 radical (unpaired) electrons. The first kappa shape index (κ1) is 14.4. The third kappa shape index (κ3) is 3.29. The summed E-state index contributed by atoms with van der Waals surface area (Å²) in [7, 11) is 0. The van der Waals surface area contributed by atoms with E-state index in [2.05, 4.69) is 0 Å². The molecule has 1 fully saturated rings. The Morgan fingerprint density at radius 1 is 1.32 bits per heavy atom. The molecule has 1 aliphatic heterocycles. The van der Waals surface area contributed by atoms with E-state index in [0.29, 0.717) is 13.2 Å². The molecule has 2 atom stereocenters. The van der Waals surface area contributed by atoms with Crippen LogP contribution in [0.3, 0.4) is 0 Å². The number of hydrogen-bond donors (Lipinski definition) is 2. The molecule has 106 valence electrons. The molecule has 1 saturated heterocycles. The van der Waals surface area contributed by atoms with E-state index >= 15 is 0 Å². The summed E-state index contributed by atoms with van der Waals surface area (Å²) >= 11 is 0. The van der Waals surface area contributed by atoms with E-state index in [4.69, 9.17) is 10.5 Å². The number of hydrogen-bond acceptors (Lipinski definition) is 3. The Kier molecular flexibility index (Phi) is 4.85. The average Bonchev–Trinajstić information content (AvgIpc) is 2.42. The van der Waals surface area contributed by atoms with Gasteiger partial charge in [0.15, 0.2) is 0 Å². The van der Waals surface area contributed by atoms with E-state index < -0.39 is 23.7 Å². The van der Waals surface area contributed by atoms with Crippen LogP contribution in [0, 0.1) is 17.6 Å². The number of ether oxygens (including phenoxy) is 1. The number of halogens is 2. The predicted molar refractivity (Wildman–Crippen MR) is 67.7 cm³/mol. The molecular formula is C14H19F2NO2. The second kappa shape index (κ2) is 6.41. The van der Waals surface area contributed by atoms with Crippen molar-refractivity contribution in [2.24, 2.45) is 11.7 Å². The lowest BCUT2D eigenvalue weighted by Crippen LogP contribution is -2.36.